The SMILES string of the molecule is CC(C)(C)OC(=O)N[C@H]1CCCC(C=O)C1. The molecular formula is C12H21NO3. The molecule has 0 aromatic carbocycles. The highest BCUT2D eigenvalue weighted by Crippen LogP contribution is 2.22. The molecule has 0 aromatic rings. The summed E-state index contributed by atoms with van der Waals surface area (Å²) in [5, 5.41) is 2.82. The molecule has 0 bridgehead atoms. The third kappa shape index (κ3) is 4.64. The summed E-state index contributed by atoms with van der Waals surface area (Å²) in [5.41, 5.74) is -0.469. The number of ether oxygens (including phenoxy) is 1. The first-order chi connectivity index (χ1) is 7.40. The molecule has 92 valence electrons. The summed E-state index contributed by atoms with van der Waals surface area (Å²) in [6.45, 7) is 5.50. The van der Waals surface area contributed by atoms with Gasteiger partial charge in [-0.25, -0.2) is 4.79 Å². The van der Waals surface area contributed by atoms with Crippen molar-refractivity contribution in [1.29, 1.82) is 0 Å². The van der Waals surface area contributed by atoms with E-state index in [1.165, 1.54) is 0 Å². The molecule has 1 fully saturated rings. The van der Waals surface area contributed by atoms with E-state index in [1.54, 1.807) is 0 Å². The molecule has 1 amide bonds. The molecule has 2 atom stereocenters. The summed E-state index contributed by atoms with van der Waals surface area (Å²) in [4.78, 5) is 22.2. The van der Waals surface area contributed by atoms with Crippen molar-refractivity contribution in [2.75, 3.05) is 0 Å². The number of nitrogens with one attached hydrogen (secondary N) is 1. The highest BCUT2D eigenvalue weighted by Gasteiger charge is 2.24. The molecule has 0 aliphatic heterocycles. The Labute approximate surface area is 96.7 Å². The zero-order chi connectivity index (χ0) is 12.2. The van der Waals surface area contributed by atoms with Crippen molar-refractivity contribution in [3.8, 4) is 0 Å². The van der Waals surface area contributed by atoms with E-state index in [1.807, 2.05) is 20.8 Å². The van der Waals surface area contributed by atoms with E-state index in [2.05, 4.69) is 5.32 Å². The van der Waals surface area contributed by atoms with Crippen LogP contribution >= 0.6 is 0 Å². The van der Waals surface area contributed by atoms with Gasteiger partial charge in [0.15, 0.2) is 0 Å². The Morgan fingerprint density at radius 2 is 2.06 bits per heavy atom. The van der Waals surface area contributed by atoms with Gasteiger partial charge < -0.3 is 14.8 Å². The van der Waals surface area contributed by atoms with Crippen LogP contribution in [0.25, 0.3) is 0 Å². The summed E-state index contributed by atoms with van der Waals surface area (Å²) < 4.78 is 5.17. The number of hydrogen-bond acceptors (Lipinski definition) is 3. The van der Waals surface area contributed by atoms with Crippen molar-refractivity contribution in [3.63, 3.8) is 0 Å². The lowest BCUT2D eigenvalue weighted by Gasteiger charge is -2.28. The fraction of sp³-hybridized carbons (Fsp3) is 0.833. The molecule has 1 N–H and O–H groups in total. The first kappa shape index (κ1) is 13.0. The summed E-state index contributed by atoms with van der Waals surface area (Å²) in [7, 11) is 0. The number of aldehydes is 1. The predicted octanol–water partition coefficient (Wildman–Crippen LogP) is 2.27. The zero-order valence-electron chi connectivity index (χ0n) is 10.3. The second-order valence-corrected chi connectivity index (χ2v) is 5.41. The molecule has 1 rings (SSSR count). The highest BCUT2D eigenvalue weighted by molar-refractivity contribution is 5.68. The van der Waals surface area contributed by atoms with Crippen LogP contribution in [0.1, 0.15) is 46.5 Å². The maximum absolute atomic E-state index is 11.5. The van der Waals surface area contributed by atoms with Gasteiger partial charge in [-0.15, -0.1) is 0 Å². The minimum absolute atomic E-state index is 0.0822. The molecule has 4 nitrogen and oxygen atoms in total. The number of amides is 1. The fourth-order valence-electron chi connectivity index (χ4n) is 1.96. The van der Waals surface area contributed by atoms with Crippen LogP contribution in [0.3, 0.4) is 0 Å². The van der Waals surface area contributed by atoms with Crippen molar-refractivity contribution < 1.29 is 14.3 Å². The number of alkyl carbamates (subject to hydrolysis) is 1. The summed E-state index contributed by atoms with van der Waals surface area (Å²) in [6.07, 6.45) is 4.21. The molecule has 0 saturated heterocycles. The van der Waals surface area contributed by atoms with Gasteiger partial charge in [0, 0.05) is 12.0 Å². The van der Waals surface area contributed by atoms with Gasteiger partial charge in [0.1, 0.15) is 11.9 Å². The van der Waals surface area contributed by atoms with Gasteiger partial charge in [0.25, 0.3) is 0 Å². The third-order valence-electron chi connectivity index (χ3n) is 2.63. The van der Waals surface area contributed by atoms with Crippen LogP contribution in [-0.4, -0.2) is 24.0 Å². The first-order valence-electron chi connectivity index (χ1n) is 5.85. The van der Waals surface area contributed by atoms with E-state index in [0.29, 0.717) is 0 Å². The summed E-state index contributed by atoms with van der Waals surface area (Å²) >= 11 is 0. The van der Waals surface area contributed by atoms with E-state index in [0.717, 1.165) is 32.0 Å². The van der Waals surface area contributed by atoms with E-state index in [4.69, 9.17) is 4.74 Å². The van der Waals surface area contributed by atoms with Crippen LogP contribution in [0.4, 0.5) is 4.79 Å². The molecule has 0 spiro atoms. The Kier molecular flexibility index (Phi) is 4.33. The minimum atomic E-state index is -0.469. The van der Waals surface area contributed by atoms with Crippen LogP contribution in [0.15, 0.2) is 0 Å². The number of carbonyl (C=O) groups is 2. The van der Waals surface area contributed by atoms with Crippen molar-refractivity contribution >= 4 is 12.4 Å². The number of hydrogen-bond donors (Lipinski definition) is 1. The molecule has 0 aromatic heterocycles. The fourth-order valence-corrected chi connectivity index (χ4v) is 1.96. The second kappa shape index (κ2) is 5.32. The van der Waals surface area contributed by atoms with E-state index < -0.39 is 5.60 Å². The Bertz CT molecular complexity index is 257. The van der Waals surface area contributed by atoms with E-state index in [-0.39, 0.29) is 18.1 Å². The minimum Gasteiger partial charge on any atom is -0.444 e. The van der Waals surface area contributed by atoms with E-state index in [9.17, 15) is 9.59 Å². The number of rotatable bonds is 2. The van der Waals surface area contributed by atoms with Gasteiger partial charge in [-0.1, -0.05) is 6.42 Å². The van der Waals surface area contributed by atoms with Gasteiger partial charge in [0.05, 0.1) is 0 Å². The Balaban J connectivity index is 2.36. The second-order valence-electron chi connectivity index (χ2n) is 5.41. The van der Waals surface area contributed by atoms with Crippen molar-refractivity contribution in [1.82, 2.24) is 5.32 Å². The Morgan fingerprint density at radius 1 is 1.38 bits per heavy atom. The molecule has 0 radical (unpaired) electrons. The number of carbonyl (C=O) groups excluding carboxylic acids is 2. The molecule has 0 heterocycles. The smallest absolute Gasteiger partial charge is 0.407 e. The van der Waals surface area contributed by atoms with Gasteiger partial charge in [-0.2, -0.15) is 0 Å². The third-order valence-corrected chi connectivity index (χ3v) is 2.63. The molecule has 1 aliphatic rings. The van der Waals surface area contributed by atoms with Crippen molar-refractivity contribution in [2.24, 2.45) is 5.92 Å². The molecule has 1 saturated carbocycles. The maximum atomic E-state index is 11.5. The summed E-state index contributed by atoms with van der Waals surface area (Å²) in [5.74, 6) is 0.0914. The average Bonchev–Trinajstić information content (AvgIpc) is 2.15. The lowest BCUT2D eigenvalue weighted by Crippen LogP contribution is -2.41. The average molecular weight is 227 g/mol. The van der Waals surface area contributed by atoms with Crippen LogP contribution in [0.2, 0.25) is 0 Å². The maximum Gasteiger partial charge on any atom is 0.407 e. The first-order valence-corrected chi connectivity index (χ1v) is 5.85. The van der Waals surface area contributed by atoms with E-state index >= 15 is 0 Å². The van der Waals surface area contributed by atoms with Gasteiger partial charge in [0.2, 0.25) is 0 Å². The van der Waals surface area contributed by atoms with Crippen molar-refractivity contribution in [3.05, 3.63) is 0 Å². The monoisotopic (exact) mass is 227 g/mol. The van der Waals surface area contributed by atoms with Crippen LogP contribution in [0.5, 0.6) is 0 Å². The molecule has 4 heteroatoms. The lowest BCUT2D eigenvalue weighted by molar-refractivity contribution is -0.112. The van der Waals surface area contributed by atoms with Crippen LogP contribution in [0, 0.1) is 5.92 Å². The molecule has 1 unspecified atom stereocenters. The van der Waals surface area contributed by atoms with Gasteiger partial charge in [-0.05, 0) is 40.0 Å². The highest BCUT2D eigenvalue weighted by atomic mass is 16.6. The zero-order valence-corrected chi connectivity index (χ0v) is 10.3. The Hall–Kier alpha value is -1.06. The summed E-state index contributed by atoms with van der Waals surface area (Å²) in [6, 6.07) is 0.0822. The Morgan fingerprint density at radius 3 is 2.62 bits per heavy atom. The van der Waals surface area contributed by atoms with Crippen molar-refractivity contribution in [2.45, 2.75) is 58.1 Å². The lowest BCUT2D eigenvalue weighted by atomic mass is 9.87. The van der Waals surface area contributed by atoms with Crippen LogP contribution in [-0.2, 0) is 9.53 Å². The molecule has 16 heavy (non-hydrogen) atoms. The molecular weight excluding hydrogens is 206 g/mol. The quantitative estimate of drug-likeness (QED) is 0.736. The van der Waals surface area contributed by atoms with Gasteiger partial charge in [-0.3, -0.25) is 0 Å². The normalized spacial score (nSPS) is 25.9. The largest absolute Gasteiger partial charge is 0.444 e. The van der Waals surface area contributed by atoms with Gasteiger partial charge >= 0.3 is 6.09 Å². The standard InChI is InChI=1S/C12H21NO3/c1-12(2,3)16-11(15)13-10-6-4-5-9(7-10)8-14/h8-10H,4-7H2,1-3H3,(H,13,15)/t9?,10-/m0/s1. The topological polar surface area (TPSA) is 55.4 Å². The van der Waals surface area contributed by atoms with Crippen LogP contribution < -0.4 is 5.32 Å². The molecule has 1 aliphatic carbocycles. The predicted molar refractivity (Wildman–Crippen MR) is 61.2 cm³/mol.